The molecule has 1 aliphatic rings. The molecule has 0 unspecified atom stereocenters. The van der Waals surface area contributed by atoms with E-state index in [1.165, 1.54) is 22.5 Å². The highest BCUT2D eigenvalue weighted by molar-refractivity contribution is 7.14. The van der Waals surface area contributed by atoms with E-state index in [1.807, 2.05) is 6.92 Å². The van der Waals surface area contributed by atoms with Gasteiger partial charge in [0.2, 0.25) is 5.91 Å². The van der Waals surface area contributed by atoms with Gasteiger partial charge in [0, 0.05) is 26.2 Å². The first-order valence-corrected chi connectivity index (χ1v) is 10.5. The third kappa shape index (κ3) is 5.19. The molecule has 2 heterocycles. The number of primary amides is 1. The molecular formula is C21H28N4O2S. The maximum atomic E-state index is 12.7. The van der Waals surface area contributed by atoms with Gasteiger partial charge in [-0.3, -0.25) is 19.4 Å². The largest absolute Gasteiger partial charge is 0.366 e. The fourth-order valence-electron chi connectivity index (χ4n) is 3.47. The highest BCUT2D eigenvalue weighted by atomic mass is 32.1. The predicted molar refractivity (Wildman–Crippen MR) is 114 cm³/mol. The summed E-state index contributed by atoms with van der Waals surface area (Å²) in [5, 5.41) is 5.16. The van der Waals surface area contributed by atoms with Crippen molar-refractivity contribution in [3.8, 4) is 0 Å². The minimum atomic E-state index is -0.522. The zero-order chi connectivity index (χ0) is 20.1. The van der Waals surface area contributed by atoms with Crippen LogP contribution in [-0.4, -0.2) is 53.8 Å². The number of aryl methyl sites for hydroxylation is 1. The monoisotopic (exact) mass is 400 g/mol. The van der Waals surface area contributed by atoms with Crippen molar-refractivity contribution in [2.24, 2.45) is 5.73 Å². The van der Waals surface area contributed by atoms with E-state index in [4.69, 9.17) is 5.73 Å². The van der Waals surface area contributed by atoms with Gasteiger partial charge in [-0.05, 0) is 43.8 Å². The molecule has 1 saturated heterocycles. The number of benzene rings is 1. The van der Waals surface area contributed by atoms with E-state index in [0.717, 1.165) is 39.1 Å². The summed E-state index contributed by atoms with van der Waals surface area (Å²) in [7, 11) is 0. The molecule has 2 amide bonds. The topological polar surface area (TPSA) is 78.7 Å². The number of hydrogen-bond acceptors (Lipinski definition) is 5. The zero-order valence-electron chi connectivity index (χ0n) is 16.5. The molecule has 0 radical (unpaired) electrons. The van der Waals surface area contributed by atoms with Crippen molar-refractivity contribution in [2.45, 2.75) is 32.9 Å². The van der Waals surface area contributed by atoms with Crippen LogP contribution in [0, 0.1) is 6.92 Å². The maximum absolute atomic E-state index is 12.7. The molecular weight excluding hydrogens is 372 g/mol. The van der Waals surface area contributed by atoms with Crippen LogP contribution in [0.15, 0.2) is 35.7 Å². The molecule has 28 heavy (non-hydrogen) atoms. The van der Waals surface area contributed by atoms with Gasteiger partial charge in [0.15, 0.2) is 0 Å². The highest BCUT2D eigenvalue weighted by Crippen LogP contribution is 2.23. The van der Waals surface area contributed by atoms with Gasteiger partial charge in [-0.15, -0.1) is 11.3 Å². The number of nitrogens with two attached hydrogens (primary N) is 1. The molecule has 0 saturated carbocycles. The lowest BCUT2D eigenvalue weighted by Gasteiger charge is -2.27. The van der Waals surface area contributed by atoms with Crippen LogP contribution in [0.5, 0.6) is 0 Å². The summed E-state index contributed by atoms with van der Waals surface area (Å²) in [6.07, 6.45) is 1.02. The van der Waals surface area contributed by atoms with Gasteiger partial charge in [-0.1, -0.05) is 29.8 Å². The zero-order valence-corrected chi connectivity index (χ0v) is 17.3. The Balaban J connectivity index is 1.55. The molecule has 7 heteroatoms. The van der Waals surface area contributed by atoms with Crippen molar-refractivity contribution in [3.05, 3.63) is 52.4 Å². The normalized spacial score (nSPS) is 17.1. The smallest absolute Gasteiger partial charge is 0.251 e. The van der Waals surface area contributed by atoms with Crippen molar-refractivity contribution >= 4 is 28.2 Å². The van der Waals surface area contributed by atoms with Crippen LogP contribution >= 0.6 is 11.3 Å². The second-order valence-corrected chi connectivity index (χ2v) is 8.26. The molecule has 0 aliphatic carbocycles. The lowest BCUT2D eigenvalue weighted by Crippen LogP contribution is -2.44. The van der Waals surface area contributed by atoms with Gasteiger partial charge < -0.3 is 11.1 Å². The SMILES string of the molecule is Cc1ccc(CN2CCCN([C@@H](C)C(=O)Nc3sccc3C(N)=O)CC2)cc1. The van der Waals surface area contributed by atoms with Gasteiger partial charge in [0.05, 0.1) is 11.6 Å². The first kappa shape index (κ1) is 20.5. The van der Waals surface area contributed by atoms with Crippen molar-refractivity contribution in [2.75, 3.05) is 31.5 Å². The van der Waals surface area contributed by atoms with Crippen LogP contribution < -0.4 is 11.1 Å². The number of thiophene rings is 1. The molecule has 0 bridgehead atoms. The molecule has 1 atom stereocenters. The van der Waals surface area contributed by atoms with Crippen LogP contribution in [0.1, 0.15) is 34.8 Å². The number of nitrogens with one attached hydrogen (secondary N) is 1. The van der Waals surface area contributed by atoms with Crippen LogP contribution in [0.4, 0.5) is 5.00 Å². The molecule has 3 N–H and O–H groups in total. The van der Waals surface area contributed by atoms with Crippen LogP contribution in [0.25, 0.3) is 0 Å². The molecule has 2 aromatic rings. The van der Waals surface area contributed by atoms with Crippen LogP contribution in [0.3, 0.4) is 0 Å². The Morgan fingerprint density at radius 2 is 1.89 bits per heavy atom. The van der Waals surface area contributed by atoms with Crippen molar-refractivity contribution in [3.63, 3.8) is 0 Å². The number of carbonyl (C=O) groups is 2. The summed E-state index contributed by atoms with van der Waals surface area (Å²) < 4.78 is 0. The molecule has 1 fully saturated rings. The Kier molecular flexibility index (Phi) is 6.83. The Hall–Kier alpha value is -2.22. The number of hydrogen-bond donors (Lipinski definition) is 2. The molecule has 1 aliphatic heterocycles. The Morgan fingerprint density at radius 1 is 1.14 bits per heavy atom. The van der Waals surface area contributed by atoms with E-state index in [0.29, 0.717) is 10.6 Å². The minimum absolute atomic E-state index is 0.100. The number of amides is 2. The van der Waals surface area contributed by atoms with E-state index in [-0.39, 0.29) is 11.9 Å². The second kappa shape index (κ2) is 9.32. The van der Waals surface area contributed by atoms with Crippen molar-refractivity contribution < 1.29 is 9.59 Å². The molecule has 3 rings (SSSR count). The van der Waals surface area contributed by atoms with E-state index >= 15 is 0 Å². The van der Waals surface area contributed by atoms with Crippen molar-refractivity contribution in [1.29, 1.82) is 0 Å². The number of anilines is 1. The Morgan fingerprint density at radius 3 is 2.61 bits per heavy atom. The van der Waals surface area contributed by atoms with Crippen LogP contribution in [-0.2, 0) is 11.3 Å². The molecule has 1 aromatic carbocycles. The molecule has 150 valence electrons. The fourth-order valence-corrected chi connectivity index (χ4v) is 4.27. The Labute approximate surface area is 170 Å². The lowest BCUT2D eigenvalue weighted by atomic mass is 10.1. The molecule has 1 aromatic heterocycles. The summed E-state index contributed by atoms with van der Waals surface area (Å²) in [6, 6.07) is 10.1. The molecule has 6 nitrogen and oxygen atoms in total. The summed E-state index contributed by atoms with van der Waals surface area (Å²) in [6.45, 7) is 8.63. The van der Waals surface area contributed by atoms with Gasteiger partial charge in [0.25, 0.3) is 5.91 Å². The first-order chi connectivity index (χ1) is 13.4. The van der Waals surface area contributed by atoms with E-state index in [9.17, 15) is 9.59 Å². The van der Waals surface area contributed by atoms with Gasteiger partial charge in [-0.25, -0.2) is 0 Å². The summed E-state index contributed by atoms with van der Waals surface area (Å²) in [5.41, 5.74) is 8.32. The Bertz CT molecular complexity index is 818. The van der Waals surface area contributed by atoms with Crippen LogP contribution in [0.2, 0.25) is 0 Å². The minimum Gasteiger partial charge on any atom is -0.366 e. The lowest BCUT2D eigenvalue weighted by molar-refractivity contribution is -0.120. The fraction of sp³-hybridized carbons (Fsp3) is 0.429. The number of rotatable bonds is 6. The second-order valence-electron chi connectivity index (χ2n) is 7.34. The summed E-state index contributed by atoms with van der Waals surface area (Å²) in [5.74, 6) is -0.623. The molecule has 0 spiro atoms. The average molecular weight is 401 g/mol. The first-order valence-electron chi connectivity index (χ1n) is 9.64. The quantitative estimate of drug-likeness (QED) is 0.781. The highest BCUT2D eigenvalue weighted by Gasteiger charge is 2.25. The van der Waals surface area contributed by atoms with Gasteiger partial charge >= 0.3 is 0 Å². The summed E-state index contributed by atoms with van der Waals surface area (Å²) in [4.78, 5) is 28.8. The predicted octanol–water partition coefficient (Wildman–Crippen LogP) is 2.69. The number of nitrogens with zero attached hydrogens (tertiary/aromatic N) is 2. The van der Waals surface area contributed by atoms with E-state index < -0.39 is 5.91 Å². The van der Waals surface area contributed by atoms with Gasteiger partial charge in [0.1, 0.15) is 5.00 Å². The summed E-state index contributed by atoms with van der Waals surface area (Å²) >= 11 is 1.32. The number of carbonyl (C=O) groups excluding carboxylic acids is 2. The maximum Gasteiger partial charge on any atom is 0.251 e. The van der Waals surface area contributed by atoms with E-state index in [2.05, 4.69) is 46.3 Å². The third-order valence-corrected chi connectivity index (χ3v) is 6.07. The van der Waals surface area contributed by atoms with Gasteiger partial charge in [-0.2, -0.15) is 0 Å². The average Bonchev–Trinajstić information content (AvgIpc) is 3.01. The standard InChI is InChI=1S/C21H28N4O2S/c1-15-4-6-17(7-5-15)14-24-9-3-10-25(12-11-24)16(2)20(27)23-21-18(19(22)26)8-13-28-21/h4-8,13,16H,3,9-12,14H2,1-2H3,(H2,22,26)(H,23,27)/t16-/m0/s1. The van der Waals surface area contributed by atoms with Crippen molar-refractivity contribution in [1.82, 2.24) is 9.80 Å². The third-order valence-electron chi connectivity index (χ3n) is 5.24. The van der Waals surface area contributed by atoms with E-state index in [1.54, 1.807) is 11.4 Å².